The van der Waals surface area contributed by atoms with Gasteiger partial charge in [-0.3, -0.25) is 9.32 Å². The summed E-state index contributed by atoms with van der Waals surface area (Å²) in [5, 5.41) is 13.4. The molecule has 0 bridgehead atoms. The molecule has 8 heteroatoms. The molecule has 2 atom stereocenters. The zero-order valence-corrected chi connectivity index (χ0v) is 34.7. The minimum atomic E-state index is -4.71. The van der Waals surface area contributed by atoms with Crippen LogP contribution in [-0.2, 0) is 13.9 Å². The number of nitrogens with one attached hydrogen (secondary N) is 1. The number of hydrogen-bond acceptors (Lipinski definition) is 4. The number of phosphoric acid groups is 1. The first kappa shape index (κ1) is 50.3. The van der Waals surface area contributed by atoms with E-state index < -0.39 is 26.6 Å². The smallest absolute Gasteiger partial charge is 0.387 e. The van der Waals surface area contributed by atoms with Crippen molar-refractivity contribution in [1.82, 2.24) is 5.32 Å². The van der Waals surface area contributed by atoms with Crippen LogP contribution in [0.3, 0.4) is 0 Å². The van der Waals surface area contributed by atoms with Gasteiger partial charge in [0.15, 0.2) is 0 Å². The lowest BCUT2D eigenvalue weighted by atomic mass is 10.0. The van der Waals surface area contributed by atoms with Gasteiger partial charge in [-0.25, -0.2) is 4.57 Å². The van der Waals surface area contributed by atoms with Crippen LogP contribution >= 0.6 is 7.82 Å². The zero-order chi connectivity index (χ0) is 37.5. The van der Waals surface area contributed by atoms with Crippen molar-refractivity contribution >= 4 is 13.7 Å². The molecule has 7 nitrogen and oxygen atoms in total. The summed E-state index contributed by atoms with van der Waals surface area (Å²) >= 11 is 0. The van der Waals surface area contributed by atoms with Gasteiger partial charge in [0, 0.05) is 6.42 Å². The van der Waals surface area contributed by atoms with E-state index in [-0.39, 0.29) is 5.91 Å². The van der Waals surface area contributed by atoms with Crippen LogP contribution in [-0.4, -0.2) is 39.6 Å². The lowest BCUT2D eigenvalue weighted by molar-refractivity contribution is -0.123. The molecule has 1 amide bonds. The Morgan fingerprint density at radius 2 is 0.863 bits per heavy atom. The Balaban J connectivity index is 3.81. The number of carbonyl (C=O) groups is 1. The van der Waals surface area contributed by atoms with Gasteiger partial charge < -0.3 is 20.2 Å². The van der Waals surface area contributed by atoms with Crippen LogP contribution in [0.5, 0.6) is 0 Å². The molecule has 0 rings (SSSR count). The van der Waals surface area contributed by atoms with Crippen molar-refractivity contribution in [3.05, 3.63) is 12.2 Å². The Morgan fingerprint density at radius 1 is 0.549 bits per heavy atom. The minimum Gasteiger partial charge on any atom is -0.387 e. The number of allylic oxidation sites excluding steroid dienone is 1. The number of phosphoric ester groups is 1. The Hall–Kier alpha value is -0.720. The molecule has 4 N–H and O–H groups in total. The summed E-state index contributed by atoms with van der Waals surface area (Å²) in [5.74, 6) is -0.222. The molecular formula is C43H86NO6P. The maximum atomic E-state index is 12.6. The summed E-state index contributed by atoms with van der Waals surface area (Å²) in [6, 6.07) is -0.904. The highest BCUT2D eigenvalue weighted by molar-refractivity contribution is 7.46. The first-order chi connectivity index (χ1) is 24.8. The monoisotopic (exact) mass is 744 g/mol. The molecule has 0 aromatic heterocycles. The molecule has 304 valence electrons. The van der Waals surface area contributed by atoms with E-state index in [4.69, 9.17) is 9.79 Å². The maximum absolute atomic E-state index is 12.6. The number of amides is 1. The van der Waals surface area contributed by atoms with Crippen LogP contribution in [0.1, 0.15) is 239 Å². The van der Waals surface area contributed by atoms with Crippen LogP contribution in [0.4, 0.5) is 0 Å². The predicted octanol–water partition coefficient (Wildman–Crippen LogP) is 13.2. The molecule has 0 heterocycles. The normalized spacial score (nSPS) is 13.3. The van der Waals surface area contributed by atoms with Crippen molar-refractivity contribution in [2.24, 2.45) is 0 Å². The fourth-order valence-corrected chi connectivity index (χ4v) is 7.23. The van der Waals surface area contributed by atoms with Gasteiger partial charge in [-0.2, -0.15) is 0 Å². The number of aliphatic hydroxyl groups is 1. The summed E-state index contributed by atoms with van der Waals surface area (Å²) in [6.07, 6.45) is 46.7. The standard InChI is InChI=1S/C43H86NO6P/c1-3-5-7-9-11-13-15-17-18-19-20-21-22-23-24-25-26-27-29-31-33-35-37-39-43(46)44-41(40-50-51(47,48)49)42(45)38-36-34-32-30-28-16-14-12-10-8-6-4-2/h36,38,41-42,45H,3-35,37,39-40H2,1-2H3,(H,44,46)(H2,47,48,49)/b38-36+/t41-,42+/m0/s1. The number of rotatable bonds is 41. The molecule has 51 heavy (non-hydrogen) atoms. The molecule has 0 fully saturated rings. The fourth-order valence-electron chi connectivity index (χ4n) is 6.87. The Kier molecular flexibility index (Phi) is 38.4. The summed E-state index contributed by atoms with van der Waals surface area (Å²) in [7, 11) is -4.71. The molecule has 0 aliphatic carbocycles. The van der Waals surface area contributed by atoms with Crippen molar-refractivity contribution in [1.29, 1.82) is 0 Å². The van der Waals surface area contributed by atoms with Crippen molar-refractivity contribution in [3.63, 3.8) is 0 Å². The summed E-state index contributed by atoms with van der Waals surface area (Å²) < 4.78 is 15.9. The molecule has 0 saturated heterocycles. The van der Waals surface area contributed by atoms with E-state index in [2.05, 4.69) is 23.7 Å². The topological polar surface area (TPSA) is 116 Å². The van der Waals surface area contributed by atoms with Crippen LogP contribution in [0.15, 0.2) is 12.2 Å². The van der Waals surface area contributed by atoms with E-state index in [0.29, 0.717) is 6.42 Å². The Bertz CT molecular complexity index is 803. The predicted molar refractivity (Wildman–Crippen MR) is 218 cm³/mol. The molecule has 0 aliphatic rings. The molecular weight excluding hydrogens is 657 g/mol. The second-order valence-electron chi connectivity index (χ2n) is 15.4. The van der Waals surface area contributed by atoms with Crippen LogP contribution < -0.4 is 5.32 Å². The number of aliphatic hydroxyl groups excluding tert-OH is 1. The van der Waals surface area contributed by atoms with E-state index in [1.807, 2.05) is 6.08 Å². The van der Waals surface area contributed by atoms with Gasteiger partial charge in [-0.15, -0.1) is 0 Å². The number of carbonyl (C=O) groups excluding carboxylic acids is 1. The fraction of sp³-hybridized carbons (Fsp3) is 0.930. The van der Waals surface area contributed by atoms with Gasteiger partial charge in [0.1, 0.15) is 0 Å². The third-order valence-corrected chi connectivity index (χ3v) is 10.7. The molecule has 0 saturated carbocycles. The first-order valence-electron chi connectivity index (χ1n) is 22.1. The number of hydrogen-bond donors (Lipinski definition) is 4. The second-order valence-corrected chi connectivity index (χ2v) is 16.6. The third-order valence-electron chi connectivity index (χ3n) is 10.2. The molecule has 0 aliphatic heterocycles. The highest BCUT2D eigenvalue weighted by Crippen LogP contribution is 2.35. The second kappa shape index (κ2) is 39.0. The van der Waals surface area contributed by atoms with E-state index in [1.54, 1.807) is 6.08 Å². The van der Waals surface area contributed by atoms with Crippen molar-refractivity contribution in [2.45, 2.75) is 251 Å². The summed E-state index contributed by atoms with van der Waals surface area (Å²) in [6.45, 7) is 4.08. The van der Waals surface area contributed by atoms with Crippen LogP contribution in [0.2, 0.25) is 0 Å². The molecule has 0 spiro atoms. The Labute approximate surface area is 316 Å². The highest BCUT2D eigenvalue weighted by atomic mass is 31.2. The highest BCUT2D eigenvalue weighted by Gasteiger charge is 2.24. The van der Waals surface area contributed by atoms with E-state index in [9.17, 15) is 14.5 Å². The van der Waals surface area contributed by atoms with Gasteiger partial charge in [0.2, 0.25) is 5.91 Å². The van der Waals surface area contributed by atoms with Crippen molar-refractivity contribution < 1.29 is 28.8 Å². The van der Waals surface area contributed by atoms with E-state index >= 15 is 0 Å². The van der Waals surface area contributed by atoms with Crippen molar-refractivity contribution in [2.75, 3.05) is 6.61 Å². The first-order valence-corrected chi connectivity index (χ1v) is 23.7. The Morgan fingerprint density at radius 3 is 1.20 bits per heavy atom. The quantitative estimate of drug-likeness (QED) is 0.0281. The average Bonchev–Trinajstić information content (AvgIpc) is 3.10. The van der Waals surface area contributed by atoms with Gasteiger partial charge >= 0.3 is 7.82 Å². The molecule has 0 unspecified atom stereocenters. The van der Waals surface area contributed by atoms with Gasteiger partial charge in [-0.1, -0.05) is 225 Å². The van der Waals surface area contributed by atoms with Crippen LogP contribution in [0.25, 0.3) is 0 Å². The summed E-state index contributed by atoms with van der Waals surface area (Å²) in [4.78, 5) is 30.9. The van der Waals surface area contributed by atoms with E-state index in [1.165, 1.54) is 180 Å². The third kappa shape index (κ3) is 40.3. The zero-order valence-electron chi connectivity index (χ0n) is 33.8. The average molecular weight is 744 g/mol. The molecule has 0 aromatic rings. The molecule has 0 radical (unpaired) electrons. The summed E-state index contributed by atoms with van der Waals surface area (Å²) in [5.41, 5.74) is 0. The van der Waals surface area contributed by atoms with Gasteiger partial charge in [-0.05, 0) is 19.3 Å². The molecule has 0 aromatic carbocycles. The van der Waals surface area contributed by atoms with E-state index in [0.717, 1.165) is 38.5 Å². The maximum Gasteiger partial charge on any atom is 0.469 e. The lowest BCUT2D eigenvalue weighted by Crippen LogP contribution is -2.45. The largest absolute Gasteiger partial charge is 0.469 e. The lowest BCUT2D eigenvalue weighted by Gasteiger charge is -2.22. The number of unbranched alkanes of at least 4 members (excludes halogenated alkanes) is 32. The van der Waals surface area contributed by atoms with Crippen molar-refractivity contribution in [3.8, 4) is 0 Å². The minimum absolute atomic E-state index is 0.222. The van der Waals surface area contributed by atoms with Gasteiger partial charge in [0.25, 0.3) is 0 Å². The van der Waals surface area contributed by atoms with Gasteiger partial charge in [0.05, 0.1) is 18.8 Å². The SMILES string of the molecule is CCCCCCCCCCCC/C=C/[C@@H](O)[C@H](COP(=O)(O)O)NC(=O)CCCCCCCCCCCCCCCCCCCCCCCCC. The van der Waals surface area contributed by atoms with Crippen LogP contribution in [0, 0.1) is 0 Å².